The number of carbonyl (C=O) groups is 1. The molecule has 1 N–H and O–H groups in total. The van der Waals surface area contributed by atoms with Gasteiger partial charge in [-0.2, -0.15) is 5.26 Å². The van der Waals surface area contributed by atoms with Crippen LogP contribution in [0.4, 0.5) is 0 Å². The van der Waals surface area contributed by atoms with Crippen LogP contribution in [0.3, 0.4) is 0 Å². The van der Waals surface area contributed by atoms with Gasteiger partial charge in [-0.05, 0) is 6.92 Å². The number of hydrogen-bond donors (Lipinski definition) is 1. The molecule has 0 amide bonds. The number of ether oxygens (including phenoxy) is 1. The normalized spacial score (nSPS) is 9.27. The minimum atomic E-state index is -0.910. The number of esters is 1. The molecule has 0 aromatic heterocycles. The fraction of sp³-hybridized carbons (Fsp3) is 0.400. The zero-order valence-corrected chi connectivity index (χ0v) is 5.37. The number of nitriles is 1. The zero-order valence-electron chi connectivity index (χ0n) is 5.37. The molecular weight excluding hydrogens is 175 g/mol. The van der Waals surface area contributed by atoms with Crippen LogP contribution in [0.1, 0.15) is 6.92 Å². The van der Waals surface area contributed by atoms with E-state index in [4.69, 9.17) is 10.5 Å². The second-order valence-electron chi connectivity index (χ2n) is 1.28. The van der Waals surface area contributed by atoms with Crippen molar-refractivity contribution in [3.8, 4) is 6.07 Å². The average molecular weight is 182 g/mol. The molecule has 0 aliphatic rings. The maximum atomic E-state index is 10.5. The maximum absolute atomic E-state index is 10.5. The van der Waals surface area contributed by atoms with Gasteiger partial charge in [0.05, 0.1) is 6.61 Å². The Hall–Kier alpha value is 0.0664. The third-order valence-corrected chi connectivity index (χ3v) is 0.675. The number of hydrogen-bond acceptors (Lipinski definition) is 5. The summed E-state index contributed by atoms with van der Waals surface area (Å²) in [5, 5.41) is 18.5. The molecule has 0 aliphatic carbocycles. The van der Waals surface area contributed by atoms with Crippen molar-refractivity contribution in [3.05, 3.63) is 0 Å². The van der Waals surface area contributed by atoms with Crippen LogP contribution in [0, 0.1) is 11.3 Å². The summed E-state index contributed by atoms with van der Waals surface area (Å²) in [5.41, 5.74) is -0.637. The van der Waals surface area contributed by atoms with E-state index in [1.54, 1.807) is 6.92 Å². The van der Waals surface area contributed by atoms with Gasteiger partial charge in [-0.3, -0.25) is 0 Å². The van der Waals surface area contributed by atoms with E-state index in [0.29, 0.717) is 0 Å². The number of rotatable bonds is 2. The first kappa shape index (κ1) is 13.6. The molecular formula is C5H7KN2O3. The van der Waals surface area contributed by atoms with E-state index in [0.717, 1.165) is 0 Å². The molecule has 0 atom stereocenters. The van der Waals surface area contributed by atoms with Gasteiger partial charge in [0.1, 0.15) is 6.07 Å². The Morgan fingerprint density at radius 1 is 1.82 bits per heavy atom. The van der Waals surface area contributed by atoms with Crippen molar-refractivity contribution in [2.45, 2.75) is 6.92 Å². The van der Waals surface area contributed by atoms with E-state index in [1.807, 2.05) is 0 Å². The van der Waals surface area contributed by atoms with Gasteiger partial charge >= 0.3 is 57.4 Å². The van der Waals surface area contributed by atoms with E-state index in [9.17, 15) is 4.79 Å². The van der Waals surface area contributed by atoms with Gasteiger partial charge in [0.15, 0.2) is 0 Å². The molecule has 6 heteroatoms. The zero-order chi connectivity index (χ0) is 7.98. The summed E-state index contributed by atoms with van der Waals surface area (Å²) in [6.07, 6.45) is 0. The Balaban J connectivity index is 0. The van der Waals surface area contributed by atoms with Crippen molar-refractivity contribution in [2.75, 3.05) is 6.61 Å². The first-order valence-corrected chi connectivity index (χ1v) is 2.55. The minimum absolute atomic E-state index is 0. The molecule has 0 heterocycles. The predicted octanol–water partition coefficient (Wildman–Crippen LogP) is -0.745. The fourth-order valence-electron chi connectivity index (χ4n) is 0.308. The molecule has 0 spiro atoms. The van der Waals surface area contributed by atoms with Crippen LogP contribution in [-0.4, -0.2) is 74.9 Å². The Morgan fingerprint density at radius 2 is 2.36 bits per heavy atom. The summed E-state index contributed by atoms with van der Waals surface area (Å²) in [6.45, 7) is 1.74. The van der Waals surface area contributed by atoms with Crippen LogP contribution in [0.5, 0.6) is 0 Å². The van der Waals surface area contributed by atoms with Crippen LogP contribution in [0.2, 0.25) is 0 Å². The SMILES string of the molecule is CCOC(=O)C(C#N)=NO.[KH]. The molecule has 5 nitrogen and oxygen atoms in total. The topological polar surface area (TPSA) is 82.7 Å². The third kappa shape index (κ3) is 5.35. The molecule has 0 aromatic carbocycles. The monoisotopic (exact) mass is 182 g/mol. The first-order valence-electron chi connectivity index (χ1n) is 2.55. The molecule has 0 saturated carbocycles. The molecule has 11 heavy (non-hydrogen) atoms. The number of oxime groups is 1. The van der Waals surface area contributed by atoms with E-state index >= 15 is 0 Å². The van der Waals surface area contributed by atoms with Crippen molar-refractivity contribution < 1.29 is 14.7 Å². The van der Waals surface area contributed by atoms with Crippen LogP contribution in [0.15, 0.2) is 5.16 Å². The third-order valence-electron chi connectivity index (χ3n) is 0.675. The molecule has 0 bridgehead atoms. The van der Waals surface area contributed by atoms with E-state index < -0.39 is 11.7 Å². The molecule has 56 valence electrons. The second kappa shape index (κ2) is 8.17. The van der Waals surface area contributed by atoms with Crippen molar-refractivity contribution in [1.29, 1.82) is 5.26 Å². The number of carbonyl (C=O) groups excluding carboxylic acids is 1. The van der Waals surface area contributed by atoms with Gasteiger partial charge in [0.25, 0.3) is 5.71 Å². The van der Waals surface area contributed by atoms with Gasteiger partial charge in [0.2, 0.25) is 0 Å². The van der Waals surface area contributed by atoms with Crippen molar-refractivity contribution in [3.63, 3.8) is 0 Å². The fourth-order valence-corrected chi connectivity index (χ4v) is 0.308. The van der Waals surface area contributed by atoms with Crippen LogP contribution in [0.25, 0.3) is 0 Å². The standard InChI is InChI=1S/C5H6N2O3.K.H/c1-2-10-5(8)4(3-6)7-9;;/h9H,2H2,1H3;;. The molecule has 0 rings (SSSR count). The Kier molecular flexibility index (Phi) is 10.1. The van der Waals surface area contributed by atoms with E-state index in [1.165, 1.54) is 6.07 Å². The molecule has 0 aliphatic heterocycles. The van der Waals surface area contributed by atoms with Crippen LogP contribution < -0.4 is 0 Å². The van der Waals surface area contributed by atoms with E-state index in [-0.39, 0.29) is 58.0 Å². The number of nitrogens with zero attached hydrogens (tertiary/aromatic N) is 2. The quantitative estimate of drug-likeness (QED) is 0.200. The summed E-state index contributed by atoms with van der Waals surface area (Å²) in [7, 11) is 0. The molecule has 0 radical (unpaired) electrons. The molecule has 0 aromatic rings. The summed E-state index contributed by atoms with van der Waals surface area (Å²) in [4.78, 5) is 10.5. The van der Waals surface area contributed by atoms with Crippen molar-refractivity contribution in [2.24, 2.45) is 5.16 Å². The van der Waals surface area contributed by atoms with Crippen molar-refractivity contribution in [1.82, 2.24) is 0 Å². The Labute approximate surface area is 106 Å². The van der Waals surface area contributed by atoms with E-state index in [2.05, 4.69) is 9.89 Å². The Bertz CT molecular complexity index is 196. The first-order chi connectivity index (χ1) is 4.76. The van der Waals surface area contributed by atoms with Gasteiger partial charge < -0.3 is 9.94 Å². The van der Waals surface area contributed by atoms with Crippen molar-refractivity contribution >= 4 is 63.1 Å². The van der Waals surface area contributed by atoms with Gasteiger partial charge in [0, 0.05) is 0 Å². The van der Waals surface area contributed by atoms with Gasteiger partial charge in [-0.1, -0.05) is 5.16 Å². The summed E-state index contributed by atoms with van der Waals surface area (Å²) in [6, 6.07) is 1.36. The van der Waals surface area contributed by atoms with Gasteiger partial charge in [-0.25, -0.2) is 4.79 Å². The second-order valence-corrected chi connectivity index (χ2v) is 1.28. The van der Waals surface area contributed by atoms with Crippen LogP contribution in [-0.2, 0) is 9.53 Å². The average Bonchev–Trinajstić information content (AvgIpc) is 1.91. The summed E-state index contributed by atoms with van der Waals surface area (Å²) in [5.74, 6) is -0.910. The summed E-state index contributed by atoms with van der Waals surface area (Å²) >= 11 is 0. The Morgan fingerprint density at radius 3 is 2.64 bits per heavy atom. The molecule has 0 fully saturated rings. The predicted molar refractivity (Wildman–Crippen MR) is 38.6 cm³/mol. The summed E-state index contributed by atoms with van der Waals surface area (Å²) < 4.78 is 4.33. The van der Waals surface area contributed by atoms with Gasteiger partial charge in [-0.15, -0.1) is 0 Å². The molecule has 0 unspecified atom stereocenters. The molecule has 0 saturated heterocycles. The van der Waals surface area contributed by atoms with Crippen LogP contribution >= 0.6 is 0 Å².